The number of alkyl carbamates (subject to hydrolysis) is 1. The van der Waals surface area contributed by atoms with Crippen molar-refractivity contribution in [1.29, 1.82) is 0 Å². The van der Waals surface area contributed by atoms with E-state index in [9.17, 15) is 24.6 Å². The molecule has 0 radical (unpaired) electrons. The van der Waals surface area contributed by atoms with Crippen molar-refractivity contribution >= 4 is 23.7 Å². The summed E-state index contributed by atoms with van der Waals surface area (Å²) in [4.78, 5) is 35.6. The largest absolute Gasteiger partial charge is 0.508 e. The second kappa shape index (κ2) is 9.44. The monoisotopic (exact) mass is 446 g/mol. The van der Waals surface area contributed by atoms with E-state index in [1.54, 1.807) is 0 Å². The molecule has 8 heteroatoms. The molecule has 3 aromatic carbocycles. The zero-order chi connectivity index (χ0) is 23.4. The number of phenols is 1. The Morgan fingerprint density at radius 1 is 0.909 bits per heavy atom. The third kappa shape index (κ3) is 4.79. The van der Waals surface area contributed by atoms with Crippen molar-refractivity contribution in [3.63, 3.8) is 0 Å². The first-order chi connectivity index (χ1) is 15.9. The number of hydrogen-bond donors (Lipinski definition) is 4. The molecule has 168 valence electrons. The minimum absolute atomic E-state index is 0.0169. The molecule has 0 atom stereocenters. The third-order valence-electron chi connectivity index (χ3n) is 5.47. The van der Waals surface area contributed by atoms with Gasteiger partial charge in [-0.3, -0.25) is 4.79 Å². The van der Waals surface area contributed by atoms with Crippen LogP contribution in [0.15, 0.2) is 66.7 Å². The van der Waals surface area contributed by atoms with Gasteiger partial charge in [-0.2, -0.15) is 0 Å². The van der Waals surface area contributed by atoms with Crippen LogP contribution in [0.3, 0.4) is 0 Å². The lowest BCUT2D eigenvalue weighted by Gasteiger charge is -2.14. The van der Waals surface area contributed by atoms with Gasteiger partial charge >= 0.3 is 12.1 Å². The second-order valence-corrected chi connectivity index (χ2v) is 7.59. The normalized spacial score (nSPS) is 11.9. The Bertz CT molecular complexity index is 1180. The molecule has 4 N–H and O–H groups in total. The second-order valence-electron chi connectivity index (χ2n) is 7.59. The minimum Gasteiger partial charge on any atom is -0.508 e. The Hall–Kier alpha value is -4.33. The highest BCUT2D eigenvalue weighted by Gasteiger charge is 2.29. The van der Waals surface area contributed by atoms with Crippen LogP contribution in [0.25, 0.3) is 11.1 Å². The van der Waals surface area contributed by atoms with Gasteiger partial charge in [0.1, 0.15) is 12.4 Å². The molecule has 3 aromatic rings. The Morgan fingerprint density at radius 2 is 1.55 bits per heavy atom. The molecule has 4 rings (SSSR count). The highest BCUT2D eigenvalue weighted by Crippen LogP contribution is 2.44. The lowest BCUT2D eigenvalue weighted by Crippen LogP contribution is -2.29. The van der Waals surface area contributed by atoms with E-state index in [0.29, 0.717) is 0 Å². The summed E-state index contributed by atoms with van der Waals surface area (Å²) in [6.07, 6.45) is -0.718. The number of ether oxygens (including phenoxy) is 1. The van der Waals surface area contributed by atoms with Gasteiger partial charge in [0.2, 0.25) is 5.91 Å². The quantitative estimate of drug-likeness (QED) is 0.407. The predicted molar refractivity (Wildman–Crippen MR) is 121 cm³/mol. The van der Waals surface area contributed by atoms with E-state index in [4.69, 9.17) is 4.74 Å². The Balaban J connectivity index is 1.28. The standard InChI is InChI=1S/C25H22N2O6/c28-15-9-10-22(20(13-15)24(30)31)27-23(29)11-12-26-25(32)33-14-21-18-7-3-1-5-16(18)17-6-2-4-8-19(17)21/h1-10,13,21,28H,11-12,14H2,(H,26,32)(H,27,29)(H,30,31). The molecule has 0 heterocycles. The molecular formula is C25H22N2O6. The Kier molecular flexibility index (Phi) is 6.26. The molecule has 0 saturated heterocycles. The van der Waals surface area contributed by atoms with Gasteiger partial charge < -0.3 is 25.6 Å². The summed E-state index contributed by atoms with van der Waals surface area (Å²) in [6, 6.07) is 19.7. The van der Waals surface area contributed by atoms with Crippen LogP contribution in [0, 0.1) is 0 Å². The number of amides is 2. The molecule has 0 aliphatic heterocycles. The van der Waals surface area contributed by atoms with Crippen LogP contribution in [0.2, 0.25) is 0 Å². The first-order valence-electron chi connectivity index (χ1n) is 10.4. The van der Waals surface area contributed by atoms with Crippen molar-refractivity contribution in [1.82, 2.24) is 5.32 Å². The molecule has 8 nitrogen and oxygen atoms in total. The number of aromatic hydroxyl groups is 1. The van der Waals surface area contributed by atoms with Gasteiger partial charge in [-0.25, -0.2) is 9.59 Å². The van der Waals surface area contributed by atoms with Gasteiger partial charge in [0.05, 0.1) is 11.3 Å². The number of hydrogen-bond acceptors (Lipinski definition) is 5. The minimum atomic E-state index is -1.28. The van der Waals surface area contributed by atoms with Crippen molar-refractivity contribution in [2.45, 2.75) is 12.3 Å². The molecule has 2 amide bonds. The van der Waals surface area contributed by atoms with Crippen molar-refractivity contribution in [2.75, 3.05) is 18.5 Å². The molecule has 1 aliphatic rings. The number of phenolic OH excluding ortho intramolecular Hbond substituents is 1. The van der Waals surface area contributed by atoms with Crippen molar-refractivity contribution < 1.29 is 29.3 Å². The average Bonchev–Trinajstić information content (AvgIpc) is 3.12. The first kappa shape index (κ1) is 21.9. The molecule has 0 fully saturated rings. The van der Waals surface area contributed by atoms with Crippen LogP contribution in [-0.2, 0) is 9.53 Å². The average molecular weight is 446 g/mol. The maximum atomic E-state index is 12.2. The number of carboxylic acids is 1. The molecular weight excluding hydrogens is 424 g/mol. The number of aromatic carboxylic acids is 1. The zero-order valence-corrected chi connectivity index (χ0v) is 17.6. The number of carboxylic acid groups (broad SMARTS) is 1. The molecule has 1 aliphatic carbocycles. The van der Waals surface area contributed by atoms with Gasteiger partial charge in [0.15, 0.2) is 0 Å². The van der Waals surface area contributed by atoms with E-state index >= 15 is 0 Å². The van der Waals surface area contributed by atoms with Crippen LogP contribution in [0.5, 0.6) is 5.75 Å². The summed E-state index contributed by atoms with van der Waals surface area (Å²) in [5, 5.41) is 23.6. The first-order valence-corrected chi connectivity index (χ1v) is 10.4. The number of rotatable bonds is 7. The van der Waals surface area contributed by atoms with Crippen LogP contribution in [0.1, 0.15) is 33.8 Å². The molecule has 33 heavy (non-hydrogen) atoms. The van der Waals surface area contributed by atoms with Crippen molar-refractivity contribution in [3.05, 3.63) is 83.4 Å². The number of carbonyl (C=O) groups excluding carboxylic acids is 2. The molecule has 0 aromatic heterocycles. The van der Waals surface area contributed by atoms with Gasteiger partial charge in [-0.15, -0.1) is 0 Å². The third-order valence-corrected chi connectivity index (χ3v) is 5.47. The van der Waals surface area contributed by atoms with Gasteiger partial charge in [0.25, 0.3) is 0 Å². The zero-order valence-electron chi connectivity index (χ0n) is 17.6. The smallest absolute Gasteiger partial charge is 0.407 e. The number of fused-ring (bicyclic) bond motifs is 3. The maximum absolute atomic E-state index is 12.2. The van der Waals surface area contributed by atoms with E-state index in [1.807, 2.05) is 36.4 Å². The van der Waals surface area contributed by atoms with Crippen molar-refractivity contribution in [3.8, 4) is 16.9 Å². The summed E-state index contributed by atoms with van der Waals surface area (Å²) >= 11 is 0. The molecule has 0 unspecified atom stereocenters. The topological polar surface area (TPSA) is 125 Å². The fourth-order valence-corrected chi connectivity index (χ4v) is 3.96. The summed E-state index contributed by atoms with van der Waals surface area (Å²) < 4.78 is 5.42. The van der Waals surface area contributed by atoms with Gasteiger partial charge in [-0.1, -0.05) is 48.5 Å². The van der Waals surface area contributed by atoms with E-state index in [-0.39, 0.29) is 42.5 Å². The highest BCUT2D eigenvalue weighted by molar-refractivity contribution is 6.01. The maximum Gasteiger partial charge on any atom is 0.407 e. The lowest BCUT2D eigenvalue weighted by atomic mass is 9.98. The fourth-order valence-electron chi connectivity index (χ4n) is 3.96. The number of nitrogens with one attached hydrogen (secondary N) is 2. The van der Waals surface area contributed by atoms with Crippen molar-refractivity contribution in [2.24, 2.45) is 0 Å². The van der Waals surface area contributed by atoms with Crippen LogP contribution >= 0.6 is 0 Å². The number of anilines is 1. The Labute approximate surface area is 189 Å². The van der Waals surface area contributed by atoms with E-state index in [2.05, 4.69) is 22.8 Å². The number of benzene rings is 3. The summed E-state index contributed by atoms with van der Waals surface area (Å²) in [5.41, 5.74) is 4.31. The van der Waals surface area contributed by atoms with Crippen LogP contribution in [0.4, 0.5) is 10.5 Å². The van der Waals surface area contributed by atoms with Gasteiger partial charge in [-0.05, 0) is 40.5 Å². The highest BCUT2D eigenvalue weighted by atomic mass is 16.5. The van der Waals surface area contributed by atoms with Gasteiger partial charge in [0, 0.05) is 18.9 Å². The molecule has 0 bridgehead atoms. The fraction of sp³-hybridized carbons (Fsp3) is 0.160. The van der Waals surface area contributed by atoms with E-state index in [1.165, 1.54) is 12.1 Å². The Morgan fingerprint density at radius 3 is 2.18 bits per heavy atom. The summed E-state index contributed by atoms with van der Waals surface area (Å²) in [6.45, 7) is 0.185. The lowest BCUT2D eigenvalue weighted by molar-refractivity contribution is -0.116. The SMILES string of the molecule is O=C(CCNC(=O)OCC1c2ccccc2-c2ccccc21)Nc1ccc(O)cc1C(=O)O. The van der Waals surface area contributed by atoms with E-state index < -0.39 is 18.0 Å². The van der Waals surface area contributed by atoms with Crippen LogP contribution in [-0.4, -0.2) is 41.3 Å². The van der Waals surface area contributed by atoms with Crippen LogP contribution < -0.4 is 10.6 Å². The summed E-state index contributed by atoms with van der Waals surface area (Å²) in [5.74, 6) is -2.04. The number of carbonyl (C=O) groups is 3. The molecule has 0 saturated carbocycles. The predicted octanol–water partition coefficient (Wildman–Crippen LogP) is 3.96. The van der Waals surface area contributed by atoms with E-state index in [0.717, 1.165) is 28.3 Å². The molecule has 0 spiro atoms. The summed E-state index contributed by atoms with van der Waals surface area (Å²) in [7, 11) is 0.